The zero-order valence-electron chi connectivity index (χ0n) is 13.5. The first-order chi connectivity index (χ1) is 10.0. The van der Waals surface area contributed by atoms with Gasteiger partial charge in [0.2, 0.25) is 11.8 Å². The van der Waals surface area contributed by atoms with Crippen LogP contribution in [0.15, 0.2) is 18.2 Å². The van der Waals surface area contributed by atoms with Crippen molar-refractivity contribution >= 4 is 30.1 Å². The van der Waals surface area contributed by atoms with E-state index >= 15 is 0 Å². The molecule has 3 N–H and O–H groups in total. The van der Waals surface area contributed by atoms with E-state index in [0.29, 0.717) is 16.7 Å². The minimum absolute atomic E-state index is 0.218. The van der Waals surface area contributed by atoms with Gasteiger partial charge in [0.15, 0.2) is 0 Å². The van der Waals surface area contributed by atoms with Crippen LogP contribution in [0.25, 0.3) is 0 Å². The first-order valence-corrected chi connectivity index (χ1v) is 7.10. The van der Waals surface area contributed by atoms with Gasteiger partial charge in [-0.1, -0.05) is 0 Å². The second-order valence-corrected chi connectivity index (χ2v) is 6.44. The fourth-order valence-corrected chi connectivity index (χ4v) is 2.18. The van der Waals surface area contributed by atoms with Gasteiger partial charge in [0.05, 0.1) is 11.2 Å². The summed E-state index contributed by atoms with van der Waals surface area (Å²) in [5.41, 5.74) is 5.74. The number of carbonyl (C=O) groups is 2. The molecule has 0 aliphatic carbocycles. The Morgan fingerprint density at radius 3 is 2.14 bits per heavy atom. The van der Waals surface area contributed by atoms with Crippen LogP contribution in [0.4, 0.5) is 5.69 Å². The Kier molecular flexibility index (Phi) is 4.06. The molecule has 1 aliphatic rings. The van der Waals surface area contributed by atoms with Crippen molar-refractivity contribution in [1.82, 2.24) is 0 Å². The lowest BCUT2D eigenvalue weighted by molar-refractivity contribution is -0.114. The Morgan fingerprint density at radius 1 is 1.14 bits per heavy atom. The minimum atomic E-state index is -0.689. The lowest BCUT2D eigenvalue weighted by atomic mass is 9.77. The summed E-state index contributed by atoms with van der Waals surface area (Å²) in [6, 6.07) is 4.78. The first kappa shape index (κ1) is 16.5. The molecule has 1 aliphatic heterocycles. The molecule has 0 spiro atoms. The van der Waals surface area contributed by atoms with Gasteiger partial charge in [-0.25, -0.2) is 0 Å². The van der Waals surface area contributed by atoms with E-state index < -0.39 is 24.2 Å². The molecule has 1 heterocycles. The van der Waals surface area contributed by atoms with Gasteiger partial charge in [0.25, 0.3) is 0 Å². The van der Waals surface area contributed by atoms with Gasteiger partial charge in [-0.2, -0.15) is 0 Å². The predicted octanol–water partition coefficient (Wildman–Crippen LogP) is 1.04. The van der Waals surface area contributed by atoms with Crippen molar-refractivity contribution in [2.24, 2.45) is 5.73 Å². The number of benzene rings is 1. The third-order valence-electron chi connectivity index (χ3n) is 4.15. The Morgan fingerprint density at radius 2 is 1.68 bits per heavy atom. The van der Waals surface area contributed by atoms with Crippen LogP contribution in [0.1, 0.15) is 45.0 Å². The molecular weight excluding hydrogens is 283 g/mol. The molecule has 118 valence electrons. The number of hydrogen-bond acceptors (Lipinski definition) is 4. The minimum Gasteiger partial charge on any atom is -0.399 e. The second-order valence-electron chi connectivity index (χ2n) is 6.44. The third kappa shape index (κ3) is 3.00. The summed E-state index contributed by atoms with van der Waals surface area (Å²) in [7, 11) is -0.689. The van der Waals surface area contributed by atoms with E-state index in [4.69, 9.17) is 15.0 Å². The molecule has 1 aromatic rings. The van der Waals surface area contributed by atoms with Crippen LogP contribution < -0.4 is 16.5 Å². The van der Waals surface area contributed by atoms with Crippen LogP contribution in [-0.2, 0) is 14.1 Å². The second kappa shape index (κ2) is 5.41. The van der Waals surface area contributed by atoms with Crippen molar-refractivity contribution in [3.05, 3.63) is 23.8 Å². The molecule has 0 radical (unpaired) electrons. The molecule has 6 nitrogen and oxygen atoms in total. The third-order valence-corrected chi connectivity index (χ3v) is 4.15. The van der Waals surface area contributed by atoms with E-state index in [1.165, 1.54) is 6.92 Å². The molecule has 1 aromatic carbocycles. The fourth-order valence-electron chi connectivity index (χ4n) is 2.18. The number of anilines is 1. The van der Waals surface area contributed by atoms with Crippen LogP contribution in [0.3, 0.4) is 0 Å². The summed E-state index contributed by atoms with van der Waals surface area (Å²) < 4.78 is 12.0. The average molecular weight is 304 g/mol. The van der Waals surface area contributed by atoms with Crippen LogP contribution in [0, 0.1) is 0 Å². The molecule has 1 saturated heterocycles. The van der Waals surface area contributed by atoms with Crippen LogP contribution in [0.2, 0.25) is 0 Å². The Bertz CT molecular complexity index is 612. The van der Waals surface area contributed by atoms with Gasteiger partial charge in [0.1, 0.15) is 0 Å². The van der Waals surface area contributed by atoms with Crippen molar-refractivity contribution < 1.29 is 18.9 Å². The SMILES string of the molecule is CC(=O)Nc1ccc(C(N)=O)cc1B1OC(C)(C)C(C)(C)O1. The predicted molar refractivity (Wildman–Crippen MR) is 85.0 cm³/mol. The summed E-state index contributed by atoms with van der Waals surface area (Å²) in [5, 5.41) is 2.72. The number of carbonyl (C=O) groups excluding carboxylic acids is 2. The number of amides is 2. The zero-order chi connectivity index (χ0) is 16.7. The molecular formula is C15H21BN2O4. The van der Waals surface area contributed by atoms with Gasteiger partial charge in [-0.15, -0.1) is 0 Å². The van der Waals surface area contributed by atoms with Gasteiger partial charge in [-0.05, 0) is 45.9 Å². The van der Waals surface area contributed by atoms with E-state index in [9.17, 15) is 9.59 Å². The first-order valence-electron chi connectivity index (χ1n) is 7.10. The Balaban J connectivity index is 2.46. The maximum atomic E-state index is 11.4. The molecule has 22 heavy (non-hydrogen) atoms. The van der Waals surface area contributed by atoms with Crippen molar-refractivity contribution in [2.45, 2.75) is 45.8 Å². The highest BCUT2D eigenvalue weighted by atomic mass is 16.7. The number of nitrogens with two attached hydrogens (primary N) is 1. The largest absolute Gasteiger partial charge is 0.497 e. The van der Waals surface area contributed by atoms with Crippen molar-refractivity contribution in [1.29, 1.82) is 0 Å². The summed E-state index contributed by atoms with van der Waals surface area (Å²) >= 11 is 0. The quantitative estimate of drug-likeness (QED) is 0.816. The standard InChI is InChI=1S/C15H21BN2O4/c1-9(19)18-12-7-6-10(13(17)20)8-11(12)16-21-14(2,3)15(4,5)22-16/h6-8H,1-5H3,(H2,17,20)(H,18,19). The monoisotopic (exact) mass is 304 g/mol. The zero-order valence-corrected chi connectivity index (χ0v) is 13.5. The normalized spacial score (nSPS) is 19.0. The van der Waals surface area contributed by atoms with Crippen LogP contribution in [0.5, 0.6) is 0 Å². The Hall–Kier alpha value is -1.86. The molecule has 0 saturated carbocycles. The lowest BCUT2D eigenvalue weighted by Gasteiger charge is -2.32. The number of nitrogens with one attached hydrogen (secondary N) is 1. The van der Waals surface area contributed by atoms with Gasteiger partial charge >= 0.3 is 7.12 Å². The molecule has 0 bridgehead atoms. The van der Waals surface area contributed by atoms with E-state index in [-0.39, 0.29) is 5.91 Å². The molecule has 0 unspecified atom stereocenters. The average Bonchev–Trinajstić information content (AvgIpc) is 2.57. The molecule has 7 heteroatoms. The lowest BCUT2D eigenvalue weighted by Crippen LogP contribution is -2.41. The molecule has 2 amide bonds. The van der Waals surface area contributed by atoms with Crippen molar-refractivity contribution in [3.63, 3.8) is 0 Å². The number of primary amides is 1. The van der Waals surface area contributed by atoms with Crippen LogP contribution in [-0.4, -0.2) is 30.1 Å². The highest BCUT2D eigenvalue weighted by molar-refractivity contribution is 6.64. The fraction of sp³-hybridized carbons (Fsp3) is 0.467. The maximum Gasteiger partial charge on any atom is 0.497 e. The molecule has 1 fully saturated rings. The summed E-state index contributed by atoms with van der Waals surface area (Å²) in [5.74, 6) is -0.767. The van der Waals surface area contributed by atoms with Crippen molar-refractivity contribution in [3.8, 4) is 0 Å². The highest BCUT2D eigenvalue weighted by Gasteiger charge is 2.52. The number of rotatable bonds is 3. The van der Waals surface area contributed by atoms with E-state index in [0.717, 1.165) is 0 Å². The number of hydrogen-bond donors (Lipinski definition) is 2. The Labute approximate surface area is 130 Å². The summed E-state index contributed by atoms with van der Waals surface area (Å²) in [4.78, 5) is 22.8. The van der Waals surface area contributed by atoms with Crippen molar-refractivity contribution in [2.75, 3.05) is 5.32 Å². The van der Waals surface area contributed by atoms with Crippen LogP contribution >= 0.6 is 0 Å². The topological polar surface area (TPSA) is 90.7 Å². The summed E-state index contributed by atoms with van der Waals surface area (Å²) in [6.45, 7) is 9.15. The van der Waals surface area contributed by atoms with Gasteiger partial charge in [-0.3, -0.25) is 9.59 Å². The van der Waals surface area contributed by atoms with Gasteiger partial charge in [0, 0.05) is 23.6 Å². The smallest absolute Gasteiger partial charge is 0.399 e. The maximum absolute atomic E-state index is 11.4. The molecule has 0 aromatic heterocycles. The van der Waals surface area contributed by atoms with E-state index in [1.807, 2.05) is 27.7 Å². The van der Waals surface area contributed by atoms with Gasteiger partial charge < -0.3 is 20.4 Å². The molecule has 2 rings (SSSR count). The van der Waals surface area contributed by atoms with E-state index in [1.54, 1.807) is 18.2 Å². The highest BCUT2D eigenvalue weighted by Crippen LogP contribution is 2.37. The van der Waals surface area contributed by atoms with E-state index in [2.05, 4.69) is 5.32 Å². The summed E-state index contributed by atoms with van der Waals surface area (Å²) in [6.07, 6.45) is 0. The molecule has 0 atom stereocenters.